The summed E-state index contributed by atoms with van der Waals surface area (Å²) in [7, 11) is -2.60. The Kier molecular flexibility index (Phi) is 4.65. The van der Waals surface area contributed by atoms with Crippen LogP contribution < -0.4 is 9.46 Å². The number of carboxylic acid groups (broad SMARTS) is 1. The van der Waals surface area contributed by atoms with Crippen molar-refractivity contribution in [2.45, 2.75) is 17.9 Å². The van der Waals surface area contributed by atoms with Gasteiger partial charge in [-0.2, -0.15) is 8.42 Å². The third kappa shape index (κ3) is 4.10. The third-order valence-electron chi connectivity index (χ3n) is 3.41. The van der Waals surface area contributed by atoms with Crippen molar-refractivity contribution in [2.75, 3.05) is 11.8 Å². The topological polar surface area (TPSA) is 106 Å². The molecule has 7 nitrogen and oxygen atoms in total. The van der Waals surface area contributed by atoms with Gasteiger partial charge in [-0.05, 0) is 37.0 Å². The minimum Gasteiger partial charge on any atom is -0.495 e. The molecule has 0 radical (unpaired) electrons. The van der Waals surface area contributed by atoms with E-state index in [1.165, 1.54) is 30.7 Å². The van der Waals surface area contributed by atoms with Gasteiger partial charge in [0.05, 0.1) is 18.4 Å². The first-order valence-corrected chi connectivity index (χ1v) is 9.66. The van der Waals surface area contributed by atoms with E-state index in [1.54, 1.807) is 0 Å². The maximum absolute atomic E-state index is 12.5. The van der Waals surface area contributed by atoms with Gasteiger partial charge < -0.3 is 9.84 Å². The fraction of sp³-hybridized carbons (Fsp3) is 0.250. The molecule has 25 heavy (non-hydrogen) atoms. The number of benzene rings is 1. The SMILES string of the molecule is COc1cc(C(=O)O)ccc1NS(=O)(=O)c1csc(C#CC2CC2)n1. The van der Waals surface area contributed by atoms with Gasteiger partial charge in [0.25, 0.3) is 10.0 Å². The predicted octanol–water partition coefficient (Wildman–Crippen LogP) is 2.41. The Balaban J connectivity index is 1.84. The molecule has 1 saturated carbocycles. The number of ether oxygens (including phenoxy) is 1. The van der Waals surface area contributed by atoms with Gasteiger partial charge in [-0.25, -0.2) is 9.78 Å². The van der Waals surface area contributed by atoms with Crippen molar-refractivity contribution in [2.24, 2.45) is 5.92 Å². The van der Waals surface area contributed by atoms with Crippen molar-refractivity contribution < 1.29 is 23.1 Å². The Bertz CT molecular complexity index is 981. The van der Waals surface area contributed by atoms with E-state index in [4.69, 9.17) is 9.84 Å². The van der Waals surface area contributed by atoms with Gasteiger partial charge >= 0.3 is 5.97 Å². The molecule has 0 saturated heterocycles. The zero-order valence-corrected chi connectivity index (χ0v) is 14.8. The molecule has 0 amide bonds. The number of aromatic carboxylic acids is 1. The number of hydrogen-bond acceptors (Lipinski definition) is 6. The molecule has 2 aromatic rings. The summed E-state index contributed by atoms with van der Waals surface area (Å²) in [6, 6.07) is 3.87. The summed E-state index contributed by atoms with van der Waals surface area (Å²) in [4.78, 5) is 15.0. The number of sulfonamides is 1. The van der Waals surface area contributed by atoms with Crippen molar-refractivity contribution in [3.8, 4) is 17.6 Å². The third-order valence-corrected chi connectivity index (χ3v) is 5.57. The molecule has 1 aliphatic carbocycles. The number of aromatic nitrogens is 1. The predicted molar refractivity (Wildman–Crippen MR) is 92.5 cm³/mol. The van der Waals surface area contributed by atoms with Crippen LogP contribution in [-0.4, -0.2) is 31.6 Å². The number of hydrogen-bond donors (Lipinski definition) is 2. The highest BCUT2D eigenvalue weighted by Crippen LogP contribution is 2.29. The van der Waals surface area contributed by atoms with E-state index in [0.717, 1.165) is 24.2 Å². The highest BCUT2D eigenvalue weighted by atomic mass is 32.2. The van der Waals surface area contributed by atoms with Crippen LogP contribution in [0, 0.1) is 17.8 Å². The number of carboxylic acids is 1. The van der Waals surface area contributed by atoms with Crippen LogP contribution in [0.5, 0.6) is 5.75 Å². The van der Waals surface area contributed by atoms with Crippen LogP contribution in [0.2, 0.25) is 0 Å². The van der Waals surface area contributed by atoms with Gasteiger partial charge in [0.15, 0.2) is 10.0 Å². The minimum atomic E-state index is -3.93. The fourth-order valence-corrected chi connectivity index (χ4v) is 3.95. The Labute approximate surface area is 148 Å². The maximum atomic E-state index is 12.5. The van der Waals surface area contributed by atoms with Gasteiger partial charge in [0.2, 0.25) is 0 Å². The van der Waals surface area contributed by atoms with Crippen LogP contribution >= 0.6 is 11.3 Å². The fourth-order valence-electron chi connectivity index (χ4n) is 1.94. The Morgan fingerprint density at radius 2 is 2.20 bits per heavy atom. The second kappa shape index (κ2) is 6.74. The lowest BCUT2D eigenvalue weighted by Gasteiger charge is -2.11. The van der Waals surface area contributed by atoms with Crippen molar-refractivity contribution >= 4 is 33.0 Å². The molecule has 0 spiro atoms. The van der Waals surface area contributed by atoms with E-state index in [0.29, 0.717) is 10.9 Å². The molecule has 0 unspecified atom stereocenters. The minimum absolute atomic E-state index is 0.00825. The summed E-state index contributed by atoms with van der Waals surface area (Å²) in [5.74, 6) is 5.28. The molecular weight excluding hydrogens is 364 g/mol. The van der Waals surface area contributed by atoms with Crippen molar-refractivity contribution in [1.82, 2.24) is 4.98 Å². The Hall–Kier alpha value is -2.57. The molecule has 1 aromatic heterocycles. The van der Waals surface area contributed by atoms with Crippen molar-refractivity contribution in [3.05, 3.63) is 34.2 Å². The van der Waals surface area contributed by atoms with Crippen LogP contribution in [0.15, 0.2) is 28.6 Å². The van der Waals surface area contributed by atoms with E-state index in [2.05, 4.69) is 21.5 Å². The molecular formula is C16H14N2O5S2. The van der Waals surface area contributed by atoms with Gasteiger partial charge in [0, 0.05) is 11.3 Å². The Morgan fingerprint density at radius 1 is 1.44 bits per heavy atom. The summed E-state index contributed by atoms with van der Waals surface area (Å²) in [6.07, 6.45) is 2.16. The highest BCUT2D eigenvalue weighted by Gasteiger charge is 2.21. The van der Waals surface area contributed by atoms with E-state index >= 15 is 0 Å². The number of anilines is 1. The van der Waals surface area contributed by atoms with E-state index in [9.17, 15) is 13.2 Å². The first kappa shape index (κ1) is 17.3. The van der Waals surface area contributed by atoms with Gasteiger partial charge in [-0.1, -0.05) is 5.92 Å². The highest BCUT2D eigenvalue weighted by molar-refractivity contribution is 7.92. The summed E-state index contributed by atoms with van der Waals surface area (Å²) >= 11 is 1.16. The lowest BCUT2D eigenvalue weighted by molar-refractivity contribution is 0.0696. The molecule has 1 aliphatic rings. The second-order valence-corrected chi connectivity index (χ2v) is 7.85. The molecule has 3 rings (SSSR count). The van der Waals surface area contributed by atoms with Gasteiger partial charge in [0.1, 0.15) is 5.75 Å². The molecule has 130 valence electrons. The van der Waals surface area contributed by atoms with Crippen LogP contribution in [0.4, 0.5) is 5.69 Å². The number of carbonyl (C=O) groups is 1. The standard InChI is InChI=1S/C16H14N2O5S2/c1-23-13-8-11(16(19)20)5-6-12(13)18-25(21,22)15-9-24-14(17-15)7-4-10-2-3-10/h5-6,8-10,18H,2-3H2,1H3,(H,19,20). The molecule has 0 bridgehead atoms. The molecule has 1 fully saturated rings. The van der Waals surface area contributed by atoms with Crippen LogP contribution in [0.1, 0.15) is 28.2 Å². The first-order chi connectivity index (χ1) is 11.9. The summed E-state index contributed by atoms with van der Waals surface area (Å²) < 4.78 is 32.4. The number of methoxy groups -OCH3 is 1. The summed E-state index contributed by atoms with van der Waals surface area (Å²) in [5, 5.41) is 10.7. The van der Waals surface area contributed by atoms with Crippen molar-refractivity contribution in [1.29, 1.82) is 0 Å². The van der Waals surface area contributed by atoms with E-state index < -0.39 is 16.0 Å². The quantitative estimate of drug-likeness (QED) is 0.774. The van der Waals surface area contributed by atoms with Crippen LogP contribution in [-0.2, 0) is 10.0 Å². The monoisotopic (exact) mass is 378 g/mol. The molecule has 1 heterocycles. The normalized spacial score (nSPS) is 13.6. The van der Waals surface area contributed by atoms with Crippen LogP contribution in [0.25, 0.3) is 0 Å². The molecule has 0 atom stereocenters. The average molecular weight is 378 g/mol. The number of rotatable bonds is 5. The first-order valence-electron chi connectivity index (χ1n) is 7.30. The van der Waals surface area contributed by atoms with Crippen molar-refractivity contribution in [3.63, 3.8) is 0 Å². The number of nitrogens with one attached hydrogen (secondary N) is 1. The van der Waals surface area contributed by atoms with Gasteiger partial charge in [-0.15, -0.1) is 11.3 Å². The molecule has 0 aliphatic heterocycles. The molecule has 9 heteroatoms. The van der Waals surface area contributed by atoms with Gasteiger partial charge in [-0.3, -0.25) is 4.72 Å². The Morgan fingerprint density at radius 3 is 2.84 bits per heavy atom. The smallest absolute Gasteiger partial charge is 0.335 e. The molecule has 1 aromatic carbocycles. The summed E-state index contributed by atoms with van der Waals surface area (Å²) in [5.41, 5.74) is 0.122. The van der Waals surface area contributed by atoms with E-state index in [1.807, 2.05) is 0 Å². The maximum Gasteiger partial charge on any atom is 0.335 e. The number of nitrogens with zero attached hydrogens (tertiary/aromatic N) is 1. The van der Waals surface area contributed by atoms with Crippen LogP contribution in [0.3, 0.4) is 0 Å². The van der Waals surface area contributed by atoms with E-state index in [-0.39, 0.29) is 22.0 Å². The molecule has 2 N–H and O–H groups in total. The lowest BCUT2D eigenvalue weighted by atomic mass is 10.2. The lowest BCUT2D eigenvalue weighted by Crippen LogP contribution is -2.14. The average Bonchev–Trinajstić information content (AvgIpc) is 3.28. The zero-order valence-electron chi connectivity index (χ0n) is 13.1. The zero-order chi connectivity index (χ0) is 18.0. The largest absolute Gasteiger partial charge is 0.495 e. The summed E-state index contributed by atoms with van der Waals surface area (Å²) in [6.45, 7) is 0. The second-order valence-electron chi connectivity index (χ2n) is 5.36. The number of thiazole rings is 1.